The van der Waals surface area contributed by atoms with E-state index in [0.717, 1.165) is 22.9 Å². The fourth-order valence-corrected chi connectivity index (χ4v) is 2.52. The van der Waals surface area contributed by atoms with Crippen LogP contribution in [0.2, 0.25) is 0 Å². The van der Waals surface area contributed by atoms with Crippen LogP contribution in [-0.2, 0) is 9.53 Å². The van der Waals surface area contributed by atoms with E-state index in [4.69, 9.17) is 4.74 Å². The van der Waals surface area contributed by atoms with Crippen LogP contribution < -0.4 is 10.6 Å². The molecular weight excluding hydrogens is 348 g/mol. The Labute approximate surface area is 138 Å². The summed E-state index contributed by atoms with van der Waals surface area (Å²) < 4.78 is 6.24. The number of hydrogen-bond donors (Lipinski definition) is 2. The van der Waals surface area contributed by atoms with Gasteiger partial charge in [-0.05, 0) is 31.0 Å². The average Bonchev–Trinajstić information content (AvgIpc) is 2.47. The molecular formula is C16H19BrN2O3. The van der Waals surface area contributed by atoms with Crippen molar-refractivity contribution in [3.8, 4) is 0 Å². The predicted molar refractivity (Wildman–Crippen MR) is 87.1 cm³/mol. The maximum atomic E-state index is 12.4. The summed E-state index contributed by atoms with van der Waals surface area (Å²) >= 11 is 3.38. The molecule has 118 valence electrons. The van der Waals surface area contributed by atoms with Crippen LogP contribution in [0.5, 0.6) is 0 Å². The standard InChI is InChI=1S/C16H19BrN2O3/c1-3-4-9-22-15(20)13-10(2)18-16(21)19-14(13)11-5-7-12(17)8-6-11/h5-8,14H,3-4,9H2,1-2H3,(H2,18,19,21). The smallest absolute Gasteiger partial charge is 0.338 e. The molecule has 0 saturated carbocycles. The molecule has 2 N–H and O–H groups in total. The van der Waals surface area contributed by atoms with Crippen LogP contribution in [0.4, 0.5) is 4.79 Å². The van der Waals surface area contributed by atoms with Gasteiger partial charge >= 0.3 is 12.0 Å². The number of carbonyl (C=O) groups is 2. The Hall–Kier alpha value is -1.82. The van der Waals surface area contributed by atoms with Crippen molar-refractivity contribution >= 4 is 27.9 Å². The first-order valence-corrected chi connectivity index (χ1v) is 8.03. The number of rotatable bonds is 5. The van der Waals surface area contributed by atoms with Crippen molar-refractivity contribution in [2.24, 2.45) is 0 Å². The Morgan fingerprint density at radius 1 is 1.32 bits per heavy atom. The topological polar surface area (TPSA) is 67.4 Å². The zero-order valence-electron chi connectivity index (χ0n) is 12.6. The van der Waals surface area contributed by atoms with Gasteiger partial charge in [0, 0.05) is 10.2 Å². The number of urea groups is 1. The van der Waals surface area contributed by atoms with E-state index in [0.29, 0.717) is 17.9 Å². The molecule has 2 amide bonds. The van der Waals surface area contributed by atoms with Crippen molar-refractivity contribution in [2.45, 2.75) is 32.7 Å². The van der Waals surface area contributed by atoms with Crippen LogP contribution in [0.1, 0.15) is 38.3 Å². The molecule has 0 bridgehead atoms. The van der Waals surface area contributed by atoms with E-state index < -0.39 is 12.0 Å². The Bertz CT molecular complexity index is 596. The molecule has 1 aromatic rings. The number of benzene rings is 1. The molecule has 1 aromatic carbocycles. The third-order valence-electron chi connectivity index (χ3n) is 3.42. The second-order valence-electron chi connectivity index (χ2n) is 5.11. The number of ether oxygens (including phenoxy) is 1. The summed E-state index contributed by atoms with van der Waals surface area (Å²) in [7, 11) is 0. The van der Waals surface area contributed by atoms with Crippen LogP contribution in [-0.4, -0.2) is 18.6 Å². The van der Waals surface area contributed by atoms with Crippen molar-refractivity contribution < 1.29 is 14.3 Å². The first kappa shape index (κ1) is 16.5. The quantitative estimate of drug-likeness (QED) is 0.619. The molecule has 0 aliphatic carbocycles. The van der Waals surface area contributed by atoms with Gasteiger partial charge in [-0.3, -0.25) is 0 Å². The molecule has 0 spiro atoms. The van der Waals surface area contributed by atoms with Gasteiger partial charge in [0.2, 0.25) is 0 Å². The number of allylic oxidation sites excluding steroid dienone is 1. The van der Waals surface area contributed by atoms with Crippen LogP contribution in [0.25, 0.3) is 0 Å². The number of esters is 1. The summed E-state index contributed by atoms with van der Waals surface area (Å²) in [4.78, 5) is 24.1. The summed E-state index contributed by atoms with van der Waals surface area (Å²) in [6.45, 7) is 4.12. The highest BCUT2D eigenvalue weighted by Crippen LogP contribution is 2.28. The molecule has 1 aliphatic rings. The van der Waals surface area contributed by atoms with Gasteiger partial charge in [0.05, 0.1) is 18.2 Å². The van der Waals surface area contributed by atoms with E-state index in [1.54, 1.807) is 6.92 Å². The lowest BCUT2D eigenvalue weighted by Crippen LogP contribution is -2.45. The maximum absolute atomic E-state index is 12.4. The zero-order chi connectivity index (χ0) is 16.1. The number of halogens is 1. The van der Waals surface area contributed by atoms with Crippen molar-refractivity contribution in [1.29, 1.82) is 0 Å². The molecule has 0 fully saturated rings. The molecule has 0 radical (unpaired) electrons. The van der Waals surface area contributed by atoms with E-state index in [2.05, 4.69) is 26.6 Å². The van der Waals surface area contributed by atoms with Crippen LogP contribution >= 0.6 is 15.9 Å². The summed E-state index contributed by atoms with van der Waals surface area (Å²) in [6.07, 6.45) is 1.78. The fraction of sp³-hybridized carbons (Fsp3) is 0.375. The SMILES string of the molecule is CCCCOC(=O)C1=C(C)NC(=O)NC1c1ccc(Br)cc1. The fourth-order valence-electron chi connectivity index (χ4n) is 2.26. The zero-order valence-corrected chi connectivity index (χ0v) is 14.2. The molecule has 5 nitrogen and oxygen atoms in total. The number of unbranched alkanes of at least 4 members (excludes halogenated alkanes) is 1. The van der Waals surface area contributed by atoms with E-state index in [-0.39, 0.29) is 6.03 Å². The third-order valence-corrected chi connectivity index (χ3v) is 3.95. The second-order valence-corrected chi connectivity index (χ2v) is 6.03. The number of hydrogen-bond acceptors (Lipinski definition) is 3. The minimum Gasteiger partial charge on any atom is -0.462 e. The van der Waals surface area contributed by atoms with Crippen molar-refractivity contribution in [2.75, 3.05) is 6.61 Å². The Morgan fingerprint density at radius 3 is 2.64 bits per heavy atom. The lowest BCUT2D eigenvalue weighted by molar-refractivity contribution is -0.139. The van der Waals surface area contributed by atoms with Crippen LogP contribution in [0.3, 0.4) is 0 Å². The highest BCUT2D eigenvalue weighted by Gasteiger charge is 2.32. The Balaban J connectivity index is 2.28. The highest BCUT2D eigenvalue weighted by atomic mass is 79.9. The molecule has 2 rings (SSSR count). The molecule has 1 aliphatic heterocycles. The molecule has 6 heteroatoms. The van der Waals surface area contributed by atoms with E-state index >= 15 is 0 Å². The maximum Gasteiger partial charge on any atom is 0.338 e. The van der Waals surface area contributed by atoms with Crippen molar-refractivity contribution in [3.63, 3.8) is 0 Å². The lowest BCUT2D eigenvalue weighted by atomic mass is 9.96. The van der Waals surface area contributed by atoms with Gasteiger partial charge in [-0.2, -0.15) is 0 Å². The van der Waals surface area contributed by atoms with Crippen LogP contribution in [0.15, 0.2) is 40.0 Å². The first-order valence-electron chi connectivity index (χ1n) is 7.23. The minimum absolute atomic E-state index is 0.324. The van der Waals surface area contributed by atoms with Gasteiger partial charge in [0.15, 0.2) is 0 Å². The summed E-state index contributed by atoms with van der Waals surface area (Å²) in [5.41, 5.74) is 1.80. The number of carbonyl (C=O) groups excluding carboxylic acids is 2. The largest absolute Gasteiger partial charge is 0.462 e. The van der Waals surface area contributed by atoms with Gasteiger partial charge in [-0.15, -0.1) is 0 Å². The number of amides is 2. The number of nitrogens with one attached hydrogen (secondary N) is 2. The molecule has 0 saturated heterocycles. The molecule has 1 atom stereocenters. The van der Waals surface area contributed by atoms with Crippen LogP contribution in [0, 0.1) is 0 Å². The summed E-state index contributed by atoms with van der Waals surface area (Å²) in [5.74, 6) is -0.397. The lowest BCUT2D eigenvalue weighted by Gasteiger charge is -2.28. The second kappa shape index (κ2) is 7.45. The molecule has 1 unspecified atom stereocenters. The normalized spacial score (nSPS) is 17.8. The van der Waals surface area contributed by atoms with Crippen molar-refractivity contribution in [1.82, 2.24) is 10.6 Å². The van der Waals surface area contributed by atoms with Gasteiger partial charge in [0.25, 0.3) is 0 Å². The van der Waals surface area contributed by atoms with Gasteiger partial charge in [-0.25, -0.2) is 9.59 Å². The van der Waals surface area contributed by atoms with Crippen molar-refractivity contribution in [3.05, 3.63) is 45.6 Å². The monoisotopic (exact) mass is 366 g/mol. The van der Waals surface area contributed by atoms with E-state index in [9.17, 15) is 9.59 Å². The third kappa shape index (κ3) is 3.88. The first-order chi connectivity index (χ1) is 10.5. The summed E-state index contributed by atoms with van der Waals surface area (Å²) in [5, 5.41) is 5.41. The van der Waals surface area contributed by atoms with Gasteiger partial charge < -0.3 is 15.4 Å². The summed E-state index contributed by atoms with van der Waals surface area (Å²) in [6, 6.07) is 6.66. The van der Waals surface area contributed by atoms with E-state index in [1.165, 1.54) is 0 Å². The highest BCUT2D eigenvalue weighted by molar-refractivity contribution is 9.10. The predicted octanol–water partition coefficient (Wildman–Crippen LogP) is 3.42. The Morgan fingerprint density at radius 2 is 2.00 bits per heavy atom. The minimum atomic E-state index is -0.504. The molecule has 0 aromatic heterocycles. The Kier molecular flexibility index (Phi) is 5.60. The van der Waals surface area contributed by atoms with Gasteiger partial charge in [-0.1, -0.05) is 41.4 Å². The average molecular weight is 367 g/mol. The molecule has 22 heavy (non-hydrogen) atoms. The molecule has 1 heterocycles. The van der Waals surface area contributed by atoms with E-state index in [1.807, 2.05) is 31.2 Å². The van der Waals surface area contributed by atoms with Gasteiger partial charge in [0.1, 0.15) is 0 Å².